The lowest BCUT2D eigenvalue weighted by Gasteiger charge is -2.14. The van der Waals surface area contributed by atoms with E-state index >= 15 is 0 Å². The molecular formula is C21H18N6O. The number of aromatic amines is 1. The first-order valence-electron chi connectivity index (χ1n) is 9.33. The molecule has 4 aromatic rings. The normalized spacial score (nSPS) is 14.8. The maximum atomic E-state index is 12.6. The maximum Gasteiger partial charge on any atom is 0.261 e. The van der Waals surface area contributed by atoms with Gasteiger partial charge in [-0.1, -0.05) is 6.07 Å². The molecule has 2 N–H and O–H groups in total. The monoisotopic (exact) mass is 370 g/mol. The number of nitriles is 1. The number of nitrogens with one attached hydrogen (secondary N) is 2. The Balaban J connectivity index is 1.62. The van der Waals surface area contributed by atoms with Gasteiger partial charge in [-0.3, -0.25) is 14.5 Å². The molecule has 1 aliphatic rings. The lowest BCUT2D eigenvalue weighted by molar-refractivity contribution is 0.426. The Morgan fingerprint density at radius 1 is 1.32 bits per heavy atom. The summed E-state index contributed by atoms with van der Waals surface area (Å²) in [6.45, 7) is 0. The number of hydrogen-bond acceptors (Lipinski definition) is 5. The van der Waals surface area contributed by atoms with Crippen molar-refractivity contribution in [1.82, 2.24) is 19.7 Å². The van der Waals surface area contributed by atoms with Gasteiger partial charge in [0, 0.05) is 23.5 Å². The van der Waals surface area contributed by atoms with Gasteiger partial charge >= 0.3 is 0 Å². The van der Waals surface area contributed by atoms with E-state index in [1.54, 1.807) is 12.4 Å². The summed E-state index contributed by atoms with van der Waals surface area (Å²) in [6, 6.07) is 13.8. The molecule has 0 aliphatic heterocycles. The van der Waals surface area contributed by atoms with Gasteiger partial charge in [0.25, 0.3) is 5.56 Å². The highest BCUT2D eigenvalue weighted by atomic mass is 16.1. The predicted octanol–water partition coefficient (Wildman–Crippen LogP) is 3.88. The fourth-order valence-corrected chi connectivity index (χ4v) is 3.76. The maximum absolute atomic E-state index is 12.6. The highest BCUT2D eigenvalue weighted by Crippen LogP contribution is 2.43. The van der Waals surface area contributed by atoms with Crippen LogP contribution >= 0.6 is 0 Å². The van der Waals surface area contributed by atoms with Crippen molar-refractivity contribution in [2.45, 2.75) is 25.3 Å². The van der Waals surface area contributed by atoms with Crippen molar-refractivity contribution >= 4 is 33.3 Å². The number of benzene rings is 1. The van der Waals surface area contributed by atoms with E-state index in [4.69, 9.17) is 5.10 Å². The molecule has 1 unspecified atom stereocenters. The summed E-state index contributed by atoms with van der Waals surface area (Å²) in [5.41, 5.74) is 2.30. The minimum absolute atomic E-state index is 0.00865. The number of aromatic nitrogens is 4. The Bertz CT molecular complexity index is 1280. The third-order valence-corrected chi connectivity index (χ3v) is 5.28. The van der Waals surface area contributed by atoms with Crippen LogP contribution in [0.3, 0.4) is 0 Å². The molecule has 0 spiro atoms. The molecule has 7 nitrogen and oxygen atoms in total. The van der Waals surface area contributed by atoms with Crippen molar-refractivity contribution in [2.75, 3.05) is 5.32 Å². The van der Waals surface area contributed by atoms with Crippen LogP contribution in [0.2, 0.25) is 0 Å². The molecular weight excluding hydrogens is 352 g/mol. The van der Waals surface area contributed by atoms with Gasteiger partial charge in [0.1, 0.15) is 5.39 Å². The van der Waals surface area contributed by atoms with Gasteiger partial charge in [0.2, 0.25) is 0 Å². The molecule has 7 heteroatoms. The van der Waals surface area contributed by atoms with E-state index in [0.29, 0.717) is 23.5 Å². The Labute approximate surface area is 160 Å². The zero-order chi connectivity index (χ0) is 19.1. The molecule has 3 aromatic heterocycles. The molecule has 0 saturated heterocycles. The van der Waals surface area contributed by atoms with E-state index in [1.165, 1.54) is 0 Å². The van der Waals surface area contributed by atoms with Crippen molar-refractivity contribution in [2.24, 2.45) is 5.92 Å². The van der Waals surface area contributed by atoms with Crippen molar-refractivity contribution < 1.29 is 0 Å². The quantitative estimate of drug-likeness (QED) is 0.555. The fourth-order valence-electron chi connectivity index (χ4n) is 3.76. The average molecular weight is 370 g/mol. The van der Waals surface area contributed by atoms with Crippen LogP contribution in [-0.2, 0) is 0 Å². The van der Waals surface area contributed by atoms with Crippen LogP contribution in [0.15, 0.2) is 53.6 Å². The minimum atomic E-state index is -0.194. The first kappa shape index (κ1) is 16.5. The number of rotatable bonds is 5. The highest BCUT2D eigenvalue weighted by Gasteiger charge is 2.34. The molecule has 138 valence electrons. The van der Waals surface area contributed by atoms with Crippen LogP contribution in [0, 0.1) is 17.2 Å². The van der Waals surface area contributed by atoms with E-state index in [2.05, 4.69) is 21.4 Å². The van der Waals surface area contributed by atoms with E-state index < -0.39 is 0 Å². The zero-order valence-corrected chi connectivity index (χ0v) is 15.1. The summed E-state index contributed by atoms with van der Waals surface area (Å²) in [4.78, 5) is 19.6. The van der Waals surface area contributed by atoms with Gasteiger partial charge < -0.3 is 10.3 Å². The van der Waals surface area contributed by atoms with Gasteiger partial charge in [-0.25, -0.2) is 0 Å². The average Bonchev–Trinajstić information content (AvgIpc) is 3.49. The Morgan fingerprint density at radius 2 is 2.21 bits per heavy atom. The summed E-state index contributed by atoms with van der Waals surface area (Å²) in [5, 5.41) is 18.8. The van der Waals surface area contributed by atoms with Crippen molar-refractivity contribution in [3.8, 4) is 6.07 Å². The largest absolute Gasteiger partial charge is 0.338 e. The molecule has 1 atom stereocenters. The number of H-pyrrole nitrogens is 1. The summed E-state index contributed by atoms with van der Waals surface area (Å²) >= 11 is 0. The smallest absolute Gasteiger partial charge is 0.261 e. The van der Waals surface area contributed by atoms with Gasteiger partial charge in [-0.15, -0.1) is 0 Å². The topological polar surface area (TPSA) is 99.4 Å². The SMILES string of the molecule is N#CCC(C1CC1)n1nc(Nc2ccc3ncccc3c2)c2c(=O)[nH]ccc21. The van der Waals surface area contributed by atoms with Gasteiger partial charge in [-0.2, -0.15) is 10.4 Å². The summed E-state index contributed by atoms with van der Waals surface area (Å²) in [5.74, 6) is 0.949. The molecule has 1 fully saturated rings. The molecule has 28 heavy (non-hydrogen) atoms. The van der Waals surface area contributed by atoms with Gasteiger partial charge in [0.15, 0.2) is 5.82 Å². The minimum Gasteiger partial charge on any atom is -0.338 e. The Hall–Kier alpha value is -3.66. The van der Waals surface area contributed by atoms with Gasteiger partial charge in [-0.05, 0) is 49.1 Å². The van der Waals surface area contributed by atoms with E-state index in [0.717, 1.165) is 34.9 Å². The second-order valence-electron chi connectivity index (χ2n) is 7.16. The van der Waals surface area contributed by atoms with Crippen LogP contribution in [0.25, 0.3) is 21.8 Å². The molecule has 0 bridgehead atoms. The molecule has 0 amide bonds. The number of pyridine rings is 2. The highest BCUT2D eigenvalue weighted by molar-refractivity contribution is 5.92. The number of hydrogen-bond donors (Lipinski definition) is 2. The Morgan fingerprint density at radius 3 is 3.04 bits per heavy atom. The first-order chi connectivity index (χ1) is 13.7. The molecule has 3 heterocycles. The van der Waals surface area contributed by atoms with Gasteiger partial charge in [0.05, 0.1) is 29.6 Å². The van der Waals surface area contributed by atoms with Crippen molar-refractivity contribution in [1.29, 1.82) is 5.26 Å². The lowest BCUT2D eigenvalue weighted by atomic mass is 10.1. The summed E-state index contributed by atoms with van der Waals surface area (Å²) < 4.78 is 1.86. The molecule has 1 aromatic carbocycles. The van der Waals surface area contributed by atoms with Crippen LogP contribution < -0.4 is 10.9 Å². The third kappa shape index (κ3) is 2.79. The second kappa shape index (κ2) is 6.50. The predicted molar refractivity (Wildman–Crippen MR) is 107 cm³/mol. The molecule has 5 rings (SSSR count). The zero-order valence-electron chi connectivity index (χ0n) is 15.1. The molecule has 0 radical (unpaired) electrons. The summed E-state index contributed by atoms with van der Waals surface area (Å²) in [6.07, 6.45) is 5.96. The molecule has 1 saturated carbocycles. The fraction of sp³-hybridized carbons (Fsp3) is 0.238. The second-order valence-corrected chi connectivity index (χ2v) is 7.16. The number of nitrogens with zero attached hydrogens (tertiary/aromatic N) is 4. The summed E-state index contributed by atoms with van der Waals surface area (Å²) in [7, 11) is 0. The van der Waals surface area contributed by atoms with Crippen molar-refractivity contribution in [3.05, 3.63) is 59.1 Å². The number of fused-ring (bicyclic) bond motifs is 2. The third-order valence-electron chi connectivity index (χ3n) is 5.28. The first-order valence-corrected chi connectivity index (χ1v) is 9.33. The van der Waals surface area contributed by atoms with Crippen molar-refractivity contribution in [3.63, 3.8) is 0 Å². The van der Waals surface area contributed by atoms with E-state index in [9.17, 15) is 10.1 Å². The standard InChI is InChI=1S/C21H18N6O/c22-9-7-17(13-3-4-13)27-18-8-11-24-21(28)19(18)20(26-27)25-15-5-6-16-14(12-15)2-1-10-23-16/h1-2,5-6,8,10-13,17H,3-4,7H2,(H,24,28)(H,25,26). The lowest BCUT2D eigenvalue weighted by Crippen LogP contribution is -2.13. The molecule has 1 aliphatic carbocycles. The van der Waals surface area contributed by atoms with E-state index in [1.807, 2.05) is 41.1 Å². The number of anilines is 2. The Kier molecular flexibility index (Phi) is 3.83. The van der Waals surface area contributed by atoms with Crippen LogP contribution in [0.1, 0.15) is 25.3 Å². The van der Waals surface area contributed by atoms with Crippen LogP contribution in [0.4, 0.5) is 11.5 Å². The van der Waals surface area contributed by atoms with Crippen LogP contribution in [-0.4, -0.2) is 19.7 Å². The van der Waals surface area contributed by atoms with E-state index in [-0.39, 0.29) is 11.6 Å². The van der Waals surface area contributed by atoms with Crippen LogP contribution in [0.5, 0.6) is 0 Å².